The number of nitrogens with zero attached hydrogens (tertiary/aromatic N) is 2. The minimum Gasteiger partial charge on any atom is -0.469 e. The number of hydrogen-bond acceptors (Lipinski definition) is 7. The summed E-state index contributed by atoms with van der Waals surface area (Å²) in [6, 6.07) is -0.729. The first-order valence-electron chi connectivity index (χ1n) is 8.51. The molecule has 0 radical (unpaired) electrons. The molecule has 1 fully saturated rings. The van der Waals surface area contributed by atoms with Crippen LogP contribution in [-0.2, 0) is 28.6 Å². The second-order valence-electron chi connectivity index (χ2n) is 6.99. The molecule has 0 bridgehead atoms. The summed E-state index contributed by atoms with van der Waals surface area (Å²) in [6.07, 6.45) is 0.491. The normalized spacial score (nSPS) is 16.8. The van der Waals surface area contributed by atoms with E-state index in [0.29, 0.717) is 19.4 Å². The first kappa shape index (κ1) is 21.7. The molecule has 1 rings (SSSR count). The van der Waals surface area contributed by atoms with Crippen LogP contribution < -0.4 is 0 Å². The lowest BCUT2D eigenvalue weighted by Gasteiger charge is -2.31. The van der Waals surface area contributed by atoms with Gasteiger partial charge in [-0.05, 0) is 33.6 Å². The topological polar surface area (TPSA) is 102 Å². The Balaban J connectivity index is 2.87. The number of ether oxygens (including phenoxy) is 3. The van der Waals surface area contributed by atoms with Gasteiger partial charge in [0.05, 0.1) is 20.6 Å². The fourth-order valence-electron chi connectivity index (χ4n) is 2.59. The van der Waals surface area contributed by atoms with Crippen molar-refractivity contribution in [2.75, 3.05) is 33.9 Å². The monoisotopic (exact) mass is 372 g/mol. The van der Waals surface area contributed by atoms with E-state index < -0.39 is 35.6 Å². The Hall–Kier alpha value is -2.32. The third-order valence-electron chi connectivity index (χ3n) is 3.84. The molecule has 0 saturated carbocycles. The van der Waals surface area contributed by atoms with E-state index in [1.165, 1.54) is 24.0 Å². The molecule has 9 nitrogen and oxygen atoms in total. The molecule has 148 valence electrons. The quantitative estimate of drug-likeness (QED) is 0.505. The molecule has 0 spiro atoms. The molecule has 9 heteroatoms. The molecule has 0 unspecified atom stereocenters. The van der Waals surface area contributed by atoms with Gasteiger partial charge in [0.15, 0.2) is 0 Å². The highest BCUT2D eigenvalue weighted by Gasteiger charge is 2.39. The maximum absolute atomic E-state index is 12.9. The lowest BCUT2D eigenvalue weighted by Crippen LogP contribution is -2.50. The van der Waals surface area contributed by atoms with Crippen LogP contribution in [0.5, 0.6) is 0 Å². The SMILES string of the molecule is COC(=O)CCN(CC(=O)OC)C(=O)[C@H]1CCCN1C(=O)OC(C)(C)C. The summed E-state index contributed by atoms with van der Waals surface area (Å²) < 4.78 is 14.5. The average Bonchev–Trinajstić information content (AvgIpc) is 3.05. The Labute approximate surface area is 153 Å². The van der Waals surface area contributed by atoms with E-state index >= 15 is 0 Å². The molecular weight excluding hydrogens is 344 g/mol. The van der Waals surface area contributed by atoms with Crippen molar-refractivity contribution in [1.82, 2.24) is 9.80 Å². The lowest BCUT2D eigenvalue weighted by molar-refractivity contribution is -0.150. The van der Waals surface area contributed by atoms with Gasteiger partial charge in [-0.3, -0.25) is 19.3 Å². The van der Waals surface area contributed by atoms with E-state index in [1.807, 2.05) is 0 Å². The lowest BCUT2D eigenvalue weighted by atomic mass is 10.2. The van der Waals surface area contributed by atoms with Gasteiger partial charge in [0, 0.05) is 13.1 Å². The van der Waals surface area contributed by atoms with Crippen molar-refractivity contribution in [3.05, 3.63) is 0 Å². The third kappa shape index (κ3) is 6.53. The van der Waals surface area contributed by atoms with Crippen LogP contribution in [0, 0.1) is 0 Å². The van der Waals surface area contributed by atoms with E-state index in [9.17, 15) is 19.2 Å². The second-order valence-corrected chi connectivity index (χ2v) is 6.99. The number of carbonyl (C=O) groups is 4. The number of amides is 2. The fraction of sp³-hybridized carbons (Fsp3) is 0.765. The molecule has 0 aromatic heterocycles. The smallest absolute Gasteiger partial charge is 0.410 e. The Kier molecular flexibility index (Phi) is 7.85. The summed E-state index contributed by atoms with van der Waals surface area (Å²) >= 11 is 0. The van der Waals surface area contributed by atoms with E-state index in [-0.39, 0.29) is 19.5 Å². The zero-order chi connectivity index (χ0) is 19.9. The van der Waals surface area contributed by atoms with E-state index in [0.717, 1.165) is 0 Å². The summed E-state index contributed by atoms with van der Waals surface area (Å²) in [7, 11) is 2.46. The van der Waals surface area contributed by atoms with Crippen LogP contribution in [0.25, 0.3) is 0 Å². The van der Waals surface area contributed by atoms with Crippen molar-refractivity contribution in [3.8, 4) is 0 Å². The number of methoxy groups -OCH3 is 2. The molecule has 1 aliphatic heterocycles. The molecule has 26 heavy (non-hydrogen) atoms. The predicted octanol–water partition coefficient (Wildman–Crippen LogP) is 0.951. The summed E-state index contributed by atoms with van der Waals surface area (Å²) in [5, 5.41) is 0. The van der Waals surface area contributed by atoms with Crippen LogP contribution in [0.15, 0.2) is 0 Å². The molecule has 2 amide bonds. The van der Waals surface area contributed by atoms with Crippen molar-refractivity contribution in [1.29, 1.82) is 0 Å². The maximum Gasteiger partial charge on any atom is 0.410 e. The molecule has 1 aliphatic rings. The molecule has 0 aliphatic carbocycles. The highest BCUT2D eigenvalue weighted by Crippen LogP contribution is 2.22. The fourth-order valence-corrected chi connectivity index (χ4v) is 2.59. The molecule has 1 saturated heterocycles. The average molecular weight is 372 g/mol. The van der Waals surface area contributed by atoms with Crippen molar-refractivity contribution in [3.63, 3.8) is 0 Å². The van der Waals surface area contributed by atoms with Crippen LogP contribution in [0.3, 0.4) is 0 Å². The Bertz CT molecular complexity index is 542. The van der Waals surface area contributed by atoms with Crippen LogP contribution in [0.1, 0.15) is 40.0 Å². The Morgan fingerprint density at radius 3 is 2.23 bits per heavy atom. The standard InChI is InChI=1S/C17H28N2O7/c1-17(2,3)26-16(23)19-9-6-7-12(19)15(22)18(11-14(21)25-5)10-8-13(20)24-4/h12H,6-11H2,1-5H3/t12-/m1/s1. The molecule has 0 aromatic carbocycles. The van der Waals surface area contributed by atoms with Gasteiger partial charge < -0.3 is 19.1 Å². The van der Waals surface area contributed by atoms with Gasteiger partial charge in [-0.25, -0.2) is 4.79 Å². The van der Waals surface area contributed by atoms with Gasteiger partial charge >= 0.3 is 18.0 Å². The highest BCUT2D eigenvalue weighted by molar-refractivity contribution is 5.89. The van der Waals surface area contributed by atoms with Crippen molar-refractivity contribution < 1.29 is 33.4 Å². The molecule has 0 N–H and O–H groups in total. The van der Waals surface area contributed by atoms with Gasteiger partial charge in [0.1, 0.15) is 18.2 Å². The van der Waals surface area contributed by atoms with Crippen LogP contribution in [0.2, 0.25) is 0 Å². The number of likely N-dealkylation sites (tertiary alicyclic amines) is 1. The first-order chi connectivity index (χ1) is 12.1. The van der Waals surface area contributed by atoms with Crippen molar-refractivity contribution >= 4 is 23.9 Å². The number of esters is 2. The van der Waals surface area contributed by atoms with Crippen molar-refractivity contribution in [2.24, 2.45) is 0 Å². The highest BCUT2D eigenvalue weighted by atomic mass is 16.6. The van der Waals surface area contributed by atoms with Gasteiger partial charge in [-0.15, -0.1) is 0 Å². The van der Waals surface area contributed by atoms with Crippen LogP contribution in [-0.4, -0.2) is 79.2 Å². The molecule has 0 aromatic rings. The zero-order valence-corrected chi connectivity index (χ0v) is 16.1. The molecule has 1 heterocycles. The third-order valence-corrected chi connectivity index (χ3v) is 3.84. The summed E-state index contributed by atoms with van der Waals surface area (Å²) in [5.41, 5.74) is -0.677. The predicted molar refractivity (Wildman–Crippen MR) is 91.2 cm³/mol. The molecule has 1 atom stereocenters. The van der Waals surface area contributed by atoms with Gasteiger partial charge in [0.2, 0.25) is 5.91 Å². The number of hydrogen-bond donors (Lipinski definition) is 0. The van der Waals surface area contributed by atoms with Gasteiger partial charge in [-0.1, -0.05) is 0 Å². The van der Waals surface area contributed by atoms with E-state index in [1.54, 1.807) is 20.8 Å². The van der Waals surface area contributed by atoms with Gasteiger partial charge in [-0.2, -0.15) is 0 Å². The van der Waals surface area contributed by atoms with Crippen LogP contribution in [0.4, 0.5) is 4.79 Å². The van der Waals surface area contributed by atoms with Crippen molar-refractivity contribution in [2.45, 2.75) is 51.7 Å². The minimum atomic E-state index is -0.729. The minimum absolute atomic E-state index is 0.000729. The molecular formula is C17H28N2O7. The summed E-state index contributed by atoms with van der Waals surface area (Å²) in [6.45, 7) is 5.34. The first-order valence-corrected chi connectivity index (χ1v) is 8.51. The summed E-state index contributed by atoms with van der Waals surface area (Å²) in [5.74, 6) is -1.52. The maximum atomic E-state index is 12.9. The largest absolute Gasteiger partial charge is 0.469 e. The summed E-state index contributed by atoms with van der Waals surface area (Å²) in [4.78, 5) is 50.8. The van der Waals surface area contributed by atoms with E-state index in [2.05, 4.69) is 9.47 Å². The zero-order valence-electron chi connectivity index (χ0n) is 16.1. The number of carbonyl (C=O) groups excluding carboxylic acids is 4. The Morgan fingerprint density at radius 2 is 1.69 bits per heavy atom. The van der Waals surface area contributed by atoms with Gasteiger partial charge in [0.25, 0.3) is 0 Å². The van der Waals surface area contributed by atoms with Crippen LogP contribution >= 0.6 is 0 Å². The second kappa shape index (κ2) is 9.40. The van der Waals surface area contributed by atoms with E-state index in [4.69, 9.17) is 4.74 Å². The number of rotatable bonds is 6. The Morgan fingerprint density at radius 1 is 1.08 bits per heavy atom.